The van der Waals surface area contributed by atoms with Crippen molar-refractivity contribution in [1.82, 2.24) is 24.5 Å². The summed E-state index contributed by atoms with van der Waals surface area (Å²) in [7, 11) is 1.65. The molecule has 0 aliphatic heterocycles. The van der Waals surface area contributed by atoms with Gasteiger partial charge in [0.25, 0.3) is 11.8 Å². The van der Waals surface area contributed by atoms with Crippen molar-refractivity contribution in [2.75, 3.05) is 5.32 Å². The van der Waals surface area contributed by atoms with Crippen molar-refractivity contribution in [2.24, 2.45) is 7.05 Å². The van der Waals surface area contributed by atoms with Crippen LogP contribution >= 0.6 is 0 Å². The standard InChI is InChI=1S/C22H20N6O2/c1-27-20(17(12-23-27)21(29)24-15-7-8-15)22(30)25-16-9-10-28-13-18(26-19(28)11-16)14-5-3-2-4-6-14/h2-6,9-13,15H,7-8H2,1H3,(H,24,29)(H,25,30). The summed E-state index contributed by atoms with van der Waals surface area (Å²) in [6.07, 6.45) is 7.16. The van der Waals surface area contributed by atoms with Gasteiger partial charge in [0.05, 0.1) is 17.5 Å². The summed E-state index contributed by atoms with van der Waals surface area (Å²) in [5, 5.41) is 9.85. The first-order valence-electron chi connectivity index (χ1n) is 9.77. The first-order chi connectivity index (χ1) is 14.6. The molecule has 2 amide bonds. The van der Waals surface area contributed by atoms with Crippen molar-refractivity contribution in [3.63, 3.8) is 0 Å². The number of hydrogen-bond acceptors (Lipinski definition) is 4. The van der Waals surface area contributed by atoms with E-state index >= 15 is 0 Å². The lowest BCUT2D eigenvalue weighted by molar-refractivity contribution is 0.0936. The molecule has 1 aromatic carbocycles. The molecule has 1 aliphatic rings. The highest BCUT2D eigenvalue weighted by Crippen LogP contribution is 2.22. The van der Waals surface area contributed by atoms with Crippen molar-refractivity contribution >= 4 is 23.1 Å². The number of aryl methyl sites for hydroxylation is 1. The van der Waals surface area contributed by atoms with Gasteiger partial charge >= 0.3 is 0 Å². The Morgan fingerprint density at radius 2 is 1.90 bits per heavy atom. The Morgan fingerprint density at radius 3 is 2.67 bits per heavy atom. The highest BCUT2D eigenvalue weighted by atomic mass is 16.2. The average molecular weight is 400 g/mol. The molecular weight excluding hydrogens is 380 g/mol. The highest BCUT2D eigenvalue weighted by Gasteiger charge is 2.28. The maximum Gasteiger partial charge on any atom is 0.274 e. The lowest BCUT2D eigenvalue weighted by Crippen LogP contribution is -2.28. The van der Waals surface area contributed by atoms with E-state index in [1.807, 2.05) is 47.1 Å². The normalized spacial score (nSPS) is 13.4. The fraction of sp³-hybridized carbons (Fsp3) is 0.182. The van der Waals surface area contributed by atoms with Gasteiger partial charge < -0.3 is 15.0 Å². The average Bonchev–Trinajstić information content (AvgIpc) is 3.31. The number of aromatic nitrogens is 4. The van der Waals surface area contributed by atoms with Crippen molar-refractivity contribution < 1.29 is 9.59 Å². The predicted molar refractivity (Wildman–Crippen MR) is 112 cm³/mol. The zero-order valence-electron chi connectivity index (χ0n) is 16.4. The molecule has 0 unspecified atom stereocenters. The van der Waals surface area contributed by atoms with Crippen molar-refractivity contribution in [3.05, 3.63) is 72.3 Å². The molecule has 8 heteroatoms. The Balaban J connectivity index is 1.40. The zero-order chi connectivity index (χ0) is 20.7. The number of carbonyl (C=O) groups is 2. The summed E-state index contributed by atoms with van der Waals surface area (Å²) in [5.74, 6) is -0.665. The molecule has 0 atom stereocenters. The smallest absolute Gasteiger partial charge is 0.274 e. The van der Waals surface area contributed by atoms with E-state index in [-0.39, 0.29) is 23.2 Å². The maximum atomic E-state index is 12.9. The molecule has 0 spiro atoms. The summed E-state index contributed by atoms with van der Waals surface area (Å²) in [6, 6.07) is 13.7. The van der Waals surface area contributed by atoms with Crippen LogP contribution in [0, 0.1) is 0 Å². The number of nitrogens with zero attached hydrogens (tertiary/aromatic N) is 4. The second-order valence-electron chi connectivity index (χ2n) is 7.41. The van der Waals surface area contributed by atoms with Gasteiger partial charge in [-0.3, -0.25) is 14.3 Å². The van der Waals surface area contributed by atoms with E-state index in [9.17, 15) is 9.59 Å². The maximum absolute atomic E-state index is 12.9. The monoisotopic (exact) mass is 400 g/mol. The fourth-order valence-electron chi connectivity index (χ4n) is 3.36. The highest BCUT2D eigenvalue weighted by molar-refractivity contribution is 6.11. The number of hydrogen-bond donors (Lipinski definition) is 2. The number of carbonyl (C=O) groups excluding carboxylic acids is 2. The molecule has 8 nitrogen and oxygen atoms in total. The number of fused-ring (bicyclic) bond motifs is 1. The van der Waals surface area contributed by atoms with Crippen molar-refractivity contribution in [2.45, 2.75) is 18.9 Å². The molecule has 1 fully saturated rings. The summed E-state index contributed by atoms with van der Waals surface area (Å²) >= 11 is 0. The second kappa shape index (κ2) is 7.14. The topological polar surface area (TPSA) is 93.3 Å². The van der Waals surface area contributed by atoms with Gasteiger partial charge in [0.15, 0.2) is 0 Å². The van der Waals surface area contributed by atoms with Crippen LogP contribution < -0.4 is 10.6 Å². The molecule has 150 valence electrons. The van der Waals surface area contributed by atoms with E-state index < -0.39 is 5.91 Å². The van der Waals surface area contributed by atoms with Gasteiger partial charge in [-0.15, -0.1) is 0 Å². The SMILES string of the molecule is Cn1ncc(C(=O)NC2CC2)c1C(=O)Nc1ccn2cc(-c3ccccc3)nc2c1. The van der Waals surface area contributed by atoms with Crippen LogP contribution in [0.15, 0.2) is 61.1 Å². The molecule has 0 saturated heterocycles. The van der Waals surface area contributed by atoms with Gasteiger partial charge in [-0.05, 0) is 18.9 Å². The third-order valence-electron chi connectivity index (χ3n) is 5.10. The Labute approximate surface area is 172 Å². The van der Waals surface area contributed by atoms with Gasteiger partial charge in [-0.25, -0.2) is 4.98 Å². The number of pyridine rings is 1. The van der Waals surface area contributed by atoms with Gasteiger partial charge in [0, 0.05) is 42.8 Å². The molecule has 30 heavy (non-hydrogen) atoms. The minimum atomic E-state index is -0.393. The van der Waals surface area contributed by atoms with Crippen LogP contribution in [0.4, 0.5) is 5.69 Å². The molecule has 3 heterocycles. The Morgan fingerprint density at radius 1 is 1.10 bits per heavy atom. The Kier molecular flexibility index (Phi) is 4.31. The molecule has 0 radical (unpaired) electrons. The number of imidazole rings is 1. The molecule has 1 aliphatic carbocycles. The first kappa shape index (κ1) is 18.1. The van der Waals surface area contributed by atoms with Crippen LogP contribution in [-0.4, -0.2) is 37.0 Å². The number of benzene rings is 1. The predicted octanol–water partition coefficient (Wildman–Crippen LogP) is 2.88. The molecule has 3 aromatic heterocycles. The van der Waals surface area contributed by atoms with Crippen LogP contribution in [0.25, 0.3) is 16.9 Å². The second-order valence-corrected chi connectivity index (χ2v) is 7.41. The van der Waals surface area contributed by atoms with Gasteiger partial charge in [-0.2, -0.15) is 5.10 Å². The molecule has 4 aromatic rings. The van der Waals surface area contributed by atoms with Gasteiger partial charge in [0.2, 0.25) is 0 Å². The quantitative estimate of drug-likeness (QED) is 0.539. The van der Waals surface area contributed by atoms with E-state index in [1.54, 1.807) is 19.2 Å². The summed E-state index contributed by atoms with van der Waals surface area (Å²) in [5.41, 5.74) is 3.67. The van der Waals surface area contributed by atoms with Gasteiger partial charge in [0.1, 0.15) is 11.3 Å². The van der Waals surface area contributed by atoms with Crippen LogP contribution in [-0.2, 0) is 7.05 Å². The molecular formula is C22H20N6O2. The minimum absolute atomic E-state index is 0.204. The molecule has 0 bridgehead atoms. The number of nitrogens with one attached hydrogen (secondary N) is 2. The van der Waals surface area contributed by atoms with Crippen LogP contribution in [0.1, 0.15) is 33.7 Å². The molecule has 5 rings (SSSR count). The van der Waals surface area contributed by atoms with Gasteiger partial charge in [-0.1, -0.05) is 30.3 Å². The third-order valence-corrected chi connectivity index (χ3v) is 5.10. The van der Waals surface area contributed by atoms with Crippen LogP contribution in [0.2, 0.25) is 0 Å². The van der Waals surface area contributed by atoms with E-state index in [1.165, 1.54) is 10.9 Å². The Hall–Kier alpha value is -3.94. The first-order valence-corrected chi connectivity index (χ1v) is 9.77. The third kappa shape index (κ3) is 3.43. The minimum Gasteiger partial charge on any atom is -0.349 e. The summed E-state index contributed by atoms with van der Waals surface area (Å²) in [4.78, 5) is 30.0. The van der Waals surface area contributed by atoms with E-state index in [0.717, 1.165) is 24.1 Å². The van der Waals surface area contributed by atoms with Crippen molar-refractivity contribution in [1.29, 1.82) is 0 Å². The molecule has 2 N–H and O–H groups in total. The molecule has 1 saturated carbocycles. The zero-order valence-corrected chi connectivity index (χ0v) is 16.4. The van der Waals surface area contributed by atoms with E-state index in [4.69, 9.17) is 0 Å². The van der Waals surface area contributed by atoms with Crippen LogP contribution in [0.3, 0.4) is 0 Å². The lowest BCUT2D eigenvalue weighted by atomic mass is 10.2. The number of amides is 2. The lowest BCUT2D eigenvalue weighted by Gasteiger charge is -2.08. The fourth-order valence-corrected chi connectivity index (χ4v) is 3.36. The van der Waals surface area contributed by atoms with E-state index in [2.05, 4.69) is 20.7 Å². The Bertz CT molecular complexity index is 1250. The number of anilines is 1. The van der Waals surface area contributed by atoms with Crippen molar-refractivity contribution in [3.8, 4) is 11.3 Å². The largest absolute Gasteiger partial charge is 0.349 e. The van der Waals surface area contributed by atoms with Crippen LogP contribution in [0.5, 0.6) is 0 Å². The number of rotatable bonds is 5. The summed E-state index contributed by atoms with van der Waals surface area (Å²) in [6.45, 7) is 0. The summed E-state index contributed by atoms with van der Waals surface area (Å²) < 4.78 is 3.31. The van der Waals surface area contributed by atoms with E-state index in [0.29, 0.717) is 11.3 Å².